The molecule has 0 spiro atoms. The smallest absolute Gasteiger partial charge is 0.306 e. The molecule has 0 aromatic heterocycles. The predicted octanol–water partition coefficient (Wildman–Crippen LogP) is 15.7. The molecular formula is C52H90O6. The van der Waals surface area contributed by atoms with E-state index in [1.165, 1.54) is 83.5 Å². The predicted molar refractivity (Wildman–Crippen MR) is 247 cm³/mol. The van der Waals surface area contributed by atoms with E-state index in [-0.39, 0.29) is 31.1 Å². The van der Waals surface area contributed by atoms with Crippen LogP contribution in [0, 0.1) is 0 Å². The lowest BCUT2D eigenvalue weighted by Gasteiger charge is -2.18. The molecule has 6 nitrogen and oxygen atoms in total. The third-order valence-electron chi connectivity index (χ3n) is 10.3. The van der Waals surface area contributed by atoms with Crippen LogP contribution >= 0.6 is 0 Å². The summed E-state index contributed by atoms with van der Waals surface area (Å²) in [4.78, 5) is 37.7. The summed E-state index contributed by atoms with van der Waals surface area (Å²) >= 11 is 0. The van der Waals surface area contributed by atoms with Crippen molar-refractivity contribution < 1.29 is 28.6 Å². The van der Waals surface area contributed by atoms with Gasteiger partial charge in [0, 0.05) is 19.3 Å². The van der Waals surface area contributed by atoms with E-state index in [9.17, 15) is 14.4 Å². The summed E-state index contributed by atoms with van der Waals surface area (Å²) in [7, 11) is 0. The Hall–Kier alpha value is -2.89. The van der Waals surface area contributed by atoms with E-state index in [0.717, 1.165) is 109 Å². The fraction of sp³-hybridized carbons (Fsp3) is 0.750. The van der Waals surface area contributed by atoms with Gasteiger partial charge in [0.1, 0.15) is 13.2 Å². The van der Waals surface area contributed by atoms with Crippen molar-refractivity contribution in [3.8, 4) is 0 Å². The van der Waals surface area contributed by atoms with E-state index in [4.69, 9.17) is 14.2 Å². The minimum atomic E-state index is -0.775. The van der Waals surface area contributed by atoms with Crippen LogP contribution in [0.2, 0.25) is 0 Å². The van der Waals surface area contributed by atoms with Gasteiger partial charge in [-0.3, -0.25) is 14.4 Å². The number of esters is 3. The van der Waals surface area contributed by atoms with Gasteiger partial charge in [-0.15, -0.1) is 0 Å². The normalized spacial score (nSPS) is 12.5. The van der Waals surface area contributed by atoms with E-state index < -0.39 is 6.10 Å². The van der Waals surface area contributed by atoms with Crippen LogP contribution in [0.3, 0.4) is 0 Å². The van der Waals surface area contributed by atoms with Crippen LogP contribution in [0.25, 0.3) is 0 Å². The lowest BCUT2D eigenvalue weighted by molar-refractivity contribution is -0.167. The highest BCUT2D eigenvalue weighted by Gasteiger charge is 2.19. The molecule has 0 aliphatic rings. The van der Waals surface area contributed by atoms with Crippen molar-refractivity contribution in [2.24, 2.45) is 0 Å². The van der Waals surface area contributed by atoms with Crippen molar-refractivity contribution in [3.63, 3.8) is 0 Å². The van der Waals surface area contributed by atoms with Gasteiger partial charge in [-0.05, 0) is 64.2 Å². The zero-order chi connectivity index (χ0) is 42.3. The zero-order valence-corrected chi connectivity index (χ0v) is 38.0. The number of carbonyl (C=O) groups is 3. The molecule has 0 bridgehead atoms. The molecule has 0 aliphatic carbocycles. The Balaban J connectivity index is 4.29. The second kappa shape index (κ2) is 46.8. The van der Waals surface area contributed by atoms with Crippen molar-refractivity contribution in [1.29, 1.82) is 0 Å². The maximum Gasteiger partial charge on any atom is 0.306 e. The van der Waals surface area contributed by atoms with Crippen LogP contribution in [0.1, 0.15) is 233 Å². The third-order valence-corrected chi connectivity index (χ3v) is 10.3. The lowest BCUT2D eigenvalue weighted by Crippen LogP contribution is -2.30. The maximum absolute atomic E-state index is 12.7. The number of ether oxygens (including phenoxy) is 3. The number of unbranched alkanes of at least 4 members (excludes halogenated alkanes) is 22. The van der Waals surface area contributed by atoms with Crippen molar-refractivity contribution >= 4 is 17.9 Å². The number of carbonyl (C=O) groups excluding carboxylic acids is 3. The first-order chi connectivity index (χ1) is 28.5. The van der Waals surface area contributed by atoms with Gasteiger partial charge in [0.15, 0.2) is 6.10 Å². The van der Waals surface area contributed by atoms with Gasteiger partial charge in [0.25, 0.3) is 0 Å². The molecule has 0 saturated carbocycles. The number of allylic oxidation sites excluding steroid dienone is 10. The Kier molecular flexibility index (Phi) is 44.5. The minimum absolute atomic E-state index is 0.0784. The highest BCUT2D eigenvalue weighted by Crippen LogP contribution is 2.14. The lowest BCUT2D eigenvalue weighted by atomic mass is 10.1. The largest absolute Gasteiger partial charge is 0.462 e. The molecule has 334 valence electrons. The first kappa shape index (κ1) is 55.1. The molecule has 1 unspecified atom stereocenters. The van der Waals surface area contributed by atoms with Gasteiger partial charge in [0.05, 0.1) is 0 Å². The Labute approximate surface area is 358 Å². The fourth-order valence-corrected chi connectivity index (χ4v) is 6.64. The minimum Gasteiger partial charge on any atom is -0.462 e. The quantitative estimate of drug-likeness (QED) is 0.0264. The molecule has 0 aromatic rings. The second-order valence-electron chi connectivity index (χ2n) is 16.0. The van der Waals surface area contributed by atoms with Crippen LogP contribution < -0.4 is 0 Å². The van der Waals surface area contributed by atoms with E-state index in [1.54, 1.807) is 0 Å². The summed E-state index contributed by atoms with van der Waals surface area (Å²) in [5.41, 5.74) is 0. The van der Waals surface area contributed by atoms with Gasteiger partial charge >= 0.3 is 17.9 Å². The average Bonchev–Trinajstić information content (AvgIpc) is 3.22. The van der Waals surface area contributed by atoms with Crippen LogP contribution in [-0.2, 0) is 28.6 Å². The molecule has 6 heteroatoms. The summed E-state index contributed by atoms with van der Waals surface area (Å²) < 4.78 is 16.7. The van der Waals surface area contributed by atoms with E-state index in [2.05, 4.69) is 81.5 Å². The summed E-state index contributed by atoms with van der Waals surface area (Å²) in [5.74, 6) is -0.902. The number of rotatable bonds is 43. The first-order valence-corrected chi connectivity index (χ1v) is 24.3. The molecule has 1 atom stereocenters. The first-order valence-electron chi connectivity index (χ1n) is 24.3. The van der Waals surface area contributed by atoms with Crippen LogP contribution in [0.4, 0.5) is 0 Å². The summed E-state index contributed by atoms with van der Waals surface area (Å²) in [6.45, 7) is 6.47. The third kappa shape index (κ3) is 44.2. The molecule has 0 fully saturated rings. The Morgan fingerprint density at radius 2 is 0.672 bits per heavy atom. The van der Waals surface area contributed by atoms with Gasteiger partial charge in [0.2, 0.25) is 0 Å². The van der Waals surface area contributed by atoms with E-state index >= 15 is 0 Å². The second-order valence-corrected chi connectivity index (χ2v) is 16.0. The number of hydrogen-bond acceptors (Lipinski definition) is 6. The molecule has 0 amide bonds. The van der Waals surface area contributed by atoms with Gasteiger partial charge < -0.3 is 14.2 Å². The van der Waals surface area contributed by atoms with Crippen LogP contribution in [0.15, 0.2) is 60.8 Å². The molecule has 0 heterocycles. The SMILES string of the molecule is CC/C=C\C/C=C\C/C=C\C/C=C\C/C=C\CCCCCCCC(=O)OCC(COC(=O)CCCCCCCCCC)OC(=O)CCCCCCCCCCCCC. The molecule has 0 N–H and O–H groups in total. The van der Waals surface area contributed by atoms with Crippen LogP contribution in [-0.4, -0.2) is 37.2 Å². The average molecular weight is 811 g/mol. The highest BCUT2D eigenvalue weighted by molar-refractivity contribution is 5.71. The topological polar surface area (TPSA) is 78.9 Å². The zero-order valence-electron chi connectivity index (χ0n) is 38.0. The Morgan fingerprint density at radius 1 is 0.362 bits per heavy atom. The molecule has 0 radical (unpaired) electrons. The van der Waals surface area contributed by atoms with Crippen molar-refractivity contribution in [3.05, 3.63) is 60.8 Å². The maximum atomic E-state index is 12.7. The molecule has 0 aliphatic heterocycles. The number of hydrogen-bond donors (Lipinski definition) is 0. The van der Waals surface area contributed by atoms with Crippen LogP contribution in [0.5, 0.6) is 0 Å². The molecule has 0 aromatic carbocycles. The molecule has 0 saturated heterocycles. The standard InChI is InChI=1S/C52H90O6/c1-4-7-10-13-16-19-21-22-23-24-25-26-27-28-29-30-32-33-36-39-42-45-51(54)57-48-49(47-56-50(53)44-41-38-35-18-15-12-9-6-3)58-52(55)46-43-40-37-34-31-20-17-14-11-8-5-2/h7,10,16,19,22-23,25-26,28-29,49H,4-6,8-9,11-15,17-18,20-21,24,27,30-48H2,1-3H3/b10-7-,19-16-,23-22-,26-25-,29-28-. The highest BCUT2D eigenvalue weighted by atomic mass is 16.6. The van der Waals surface area contributed by atoms with Gasteiger partial charge in [-0.25, -0.2) is 0 Å². The summed E-state index contributed by atoms with van der Waals surface area (Å²) in [5, 5.41) is 0. The Morgan fingerprint density at radius 3 is 1.05 bits per heavy atom. The molecule has 58 heavy (non-hydrogen) atoms. The summed E-state index contributed by atoms with van der Waals surface area (Å²) in [6.07, 6.45) is 56.4. The van der Waals surface area contributed by atoms with Gasteiger partial charge in [-0.1, -0.05) is 210 Å². The monoisotopic (exact) mass is 811 g/mol. The van der Waals surface area contributed by atoms with Crippen molar-refractivity contribution in [1.82, 2.24) is 0 Å². The van der Waals surface area contributed by atoms with E-state index in [1.807, 2.05) is 0 Å². The van der Waals surface area contributed by atoms with Crippen molar-refractivity contribution in [2.75, 3.05) is 13.2 Å². The molecular weight excluding hydrogens is 721 g/mol. The Bertz CT molecular complexity index is 1070. The summed E-state index contributed by atoms with van der Waals surface area (Å²) in [6, 6.07) is 0. The molecule has 0 rings (SSSR count). The van der Waals surface area contributed by atoms with Crippen molar-refractivity contribution in [2.45, 2.75) is 239 Å². The fourth-order valence-electron chi connectivity index (χ4n) is 6.64. The van der Waals surface area contributed by atoms with Gasteiger partial charge in [-0.2, -0.15) is 0 Å². The van der Waals surface area contributed by atoms with E-state index in [0.29, 0.717) is 19.3 Å².